The lowest BCUT2D eigenvalue weighted by Gasteiger charge is -2.33. The normalized spacial score (nSPS) is 21.5. The highest BCUT2D eigenvalue weighted by Gasteiger charge is 2.32. The van der Waals surface area contributed by atoms with E-state index in [9.17, 15) is 14.4 Å². The van der Waals surface area contributed by atoms with Crippen molar-refractivity contribution in [2.45, 2.75) is 31.7 Å². The quantitative estimate of drug-likeness (QED) is 0.822. The number of aryl methyl sites for hydroxylation is 1. The molecule has 1 aliphatic heterocycles. The number of nitrogens with zero attached hydrogens (tertiary/aromatic N) is 1. The van der Waals surface area contributed by atoms with E-state index in [0.717, 1.165) is 24.8 Å². The third kappa shape index (κ3) is 3.12. The number of carbonyl (C=O) groups is 3. The number of ketones is 1. The molecule has 1 aromatic rings. The summed E-state index contributed by atoms with van der Waals surface area (Å²) in [5.74, 6) is -0.669. The third-order valence-corrected chi connectivity index (χ3v) is 4.47. The van der Waals surface area contributed by atoms with Gasteiger partial charge >= 0.3 is 0 Å². The summed E-state index contributed by atoms with van der Waals surface area (Å²) in [7, 11) is 0. The Morgan fingerprint density at radius 3 is 2.78 bits per heavy atom. The van der Waals surface area contributed by atoms with E-state index in [1.165, 1.54) is 4.90 Å². The molecule has 23 heavy (non-hydrogen) atoms. The number of primary amides is 1. The van der Waals surface area contributed by atoms with Crippen molar-refractivity contribution in [1.29, 1.82) is 0 Å². The molecule has 6 nitrogen and oxygen atoms in total. The van der Waals surface area contributed by atoms with Crippen molar-refractivity contribution in [2.24, 2.45) is 5.73 Å². The second-order valence-corrected chi connectivity index (χ2v) is 5.99. The van der Waals surface area contributed by atoms with E-state index in [0.29, 0.717) is 30.7 Å². The molecular formula is C17H20N2O4. The van der Waals surface area contributed by atoms with E-state index in [-0.39, 0.29) is 18.3 Å². The average molecular weight is 316 g/mol. The minimum Gasteiger partial charge on any atom is -0.377 e. The lowest BCUT2D eigenvalue weighted by atomic mass is 9.98. The van der Waals surface area contributed by atoms with Crippen LogP contribution in [-0.4, -0.2) is 48.3 Å². The van der Waals surface area contributed by atoms with Crippen molar-refractivity contribution >= 4 is 17.6 Å². The molecular weight excluding hydrogens is 296 g/mol. The van der Waals surface area contributed by atoms with E-state index < -0.39 is 11.9 Å². The number of benzene rings is 1. The van der Waals surface area contributed by atoms with Gasteiger partial charge in [0.1, 0.15) is 6.04 Å². The van der Waals surface area contributed by atoms with E-state index >= 15 is 0 Å². The zero-order valence-corrected chi connectivity index (χ0v) is 12.9. The van der Waals surface area contributed by atoms with Gasteiger partial charge in [0.15, 0.2) is 5.78 Å². The highest BCUT2D eigenvalue weighted by Crippen LogP contribution is 2.23. The van der Waals surface area contributed by atoms with E-state index in [2.05, 4.69) is 0 Å². The predicted molar refractivity (Wildman–Crippen MR) is 83.2 cm³/mol. The predicted octanol–water partition coefficient (Wildman–Crippen LogP) is 0.922. The number of hydrogen-bond acceptors (Lipinski definition) is 4. The number of hydrogen-bond donors (Lipinski definition) is 1. The summed E-state index contributed by atoms with van der Waals surface area (Å²) in [5.41, 5.74) is 7.49. The minimum atomic E-state index is -0.739. The maximum Gasteiger partial charge on any atom is 0.254 e. The molecule has 0 radical (unpaired) electrons. The molecule has 1 atom stereocenters. The van der Waals surface area contributed by atoms with Crippen LogP contribution in [-0.2, 0) is 16.0 Å². The van der Waals surface area contributed by atoms with Gasteiger partial charge in [0, 0.05) is 24.1 Å². The molecule has 0 saturated carbocycles. The number of morpholine rings is 1. The van der Waals surface area contributed by atoms with Gasteiger partial charge in [-0.2, -0.15) is 0 Å². The number of rotatable bonds is 2. The van der Waals surface area contributed by atoms with Crippen LogP contribution >= 0.6 is 0 Å². The number of Topliss-reactive ketones (excluding diaryl/α,β-unsaturated/α-hetero) is 1. The van der Waals surface area contributed by atoms with E-state index in [1.807, 2.05) is 0 Å². The van der Waals surface area contributed by atoms with Crippen LogP contribution in [0.5, 0.6) is 0 Å². The van der Waals surface area contributed by atoms with E-state index in [1.54, 1.807) is 18.2 Å². The first kappa shape index (κ1) is 15.7. The maximum absolute atomic E-state index is 12.7. The summed E-state index contributed by atoms with van der Waals surface area (Å²) in [4.78, 5) is 37.8. The molecule has 2 N–H and O–H groups in total. The first-order chi connectivity index (χ1) is 11.1. The fourth-order valence-electron chi connectivity index (χ4n) is 3.19. The smallest absolute Gasteiger partial charge is 0.254 e. The van der Waals surface area contributed by atoms with Crippen molar-refractivity contribution in [3.05, 3.63) is 34.9 Å². The van der Waals surface area contributed by atoms with Crippen molar-refractivity contribution < 1.29 is 19.1 Å². The molecule has 0 spiro atoms. The molecule has 0 bridgehead atoms. The largest absolute Gasteiger partial charge is 0.377 e. The second-order valence-electron chi connectivity index (χ2n) is 5.99. The van der Waals surface area contributed by atoms with Gasteiger partial charge in [-0.15, -0.1) is 0 Å². The van der Waals surface area contributed by atoms with Crippen LogP contribution in [0.2, 0.25) is 0 Å². The molecule has 1 heterocycles. The van der Waals surface area contributed by atoms with Crippen molar-refractivity contribution in [2.75, 3.05) is 19.8 Å². The van der Waals surface area contributed by atoms with Crippen molar-refractivity contribution in [3.8, 4) is 0 Å². The van der Waals surface area contributed by atoms with Gasteiger partial charge in [0.25, 0.3) is 5.91 Å². The zero-order chi connectivity index (χ0) is 16.4. The van der Waals surface area contributed by atoms with Crippen LogP contribution in [0.25, 0.3) is 0 Å². The van der Waals surface area contributed by atoms with Gasteiger partial charge < -0.3 is 15.4 Å². The molecule has 3 rings (SSSR count). The van der Waals surface area contributed by atoms with Gasteiger partial charge in [-0.3, -0.25) is 14.4 Å². The van der Waals surface area contributed by atoms with Gasteiger partial charge in [-0.05, 0) is 37.0 Å². The SMILES string of the molecule is NC(=O)C1COCCN1C(=O)c1ccc2c(c1)CCCCC2=O. The molecule has 6 heteroatoms. The Morgan fingerprint density at radius 1 is 1.22 bits per heavy atom. The van der Waals surface area contributed by atoms with E-state index in [4.69, 9.17) is 10.5 Å². The number of carbonyl (C=O) groups excluding carboxylic acids is 3. The summed E-state index contributed by atoms with van der Waals surface area (Å²) in [5, 5.41) is 0. The monoisotopic (exact) mass is 316 g/mol. The molecule has 1 fully saturated rings. The fourth-order valence-corrected chi connectivity index (χ4v) is 3.19. The summed E-state index contributed by atoms with van der Waals surface area (Å²) < 4.78 is 5.24. The molecule has 0 aromatic heterocycles. The van der Waals surface area contributed by atoms with Gasteiger partial charge in [-0.1, -0.05) is 6.07 Å². The highest BCUT2D eigenvalue weighted by atomic mass is 16.5. The molecule has 2 amide bonds. The van der Waals surface area contributed by atoms with Crippen molar-refractivity contribution in [1.82, 2.24) is 4.90 Å². The number of fused-ring (bicyclic) bond motifs is 1. The lowest BCUT2D eigenvalue weighted by Crippen LogP contribution is -2.54. The Bertz CT molecular complexity index is 656. The highest BCUT2D eigenvalue weighted by molar-refractivity contribution is 6.01. The first-order valence-electron chi connectivity index (χ1n) is 7.92. The standard InChI is InChI=1S/C17H20N2O4/c18-16(21)14-10-23-8-7-19(14)17(22)12-5-6-13-11(9-12)3-1-2-4-15(13)20/h5-6,9,14H,1-4,7-8,10H2,(H2,18,21). The zero-order valence-electron chi connectivity index (χ0n) is 12.9. The van der Waals surface area contributed by atoms with Gasteiger partial charge in [-0.25, -0.2) is 0 Å². The molecule has 1 aromatic carbocycles. The number of nitrogens with two attached hydrogens (primary N) is 1. The third-order valence-electron chi connectivity index (χ3n) is 4.47. The molecule has 1 saturated heterocycles. The fraction of sp³-hybridized carbons (Fsp3) is 0.471. The lowest BCUT2D eigenvalue weighted by molar-refractivity contribution is -0.127. The average Bonchev–Trinajstić information content (AvgIpc) is 2.75. The Hall–Kier alpha value is -2.21. The Labute approximate surface area is 134 Å². The van der Waals surface area contributed by atoms with Crippen LogP contribution in [0.15, 0.2) is 18.2 Å². The van der Waals surface area contributed by atoms with Crippen LogP contribution in [0.1, 0.15) is 45.5 Å². The number of ether oxygens (including phenoxy) is 1. The van der Waals surface area contributed by atoms with Crippen LogP contribution < -0.4 is 5.73 Å². The van der Waals surface area contributed by atoms with Crippen LogP contribution in [0.3, 0.4) is 0 Å². The number of amides is 2. The summed E-state index contributed by atoms with van der Waals surface area (Å²) >= 11 is 0. The van der Waals surface area contributed by atoms with Crippen LogP contribution in [0, 0.1) is 0 Å². The summed E-state index contributed by atoms with van der Waals surface area (Å²) in [6.45, 7) is 0.853. The minimum absolute atomic E-state index is 0.129. The Morgan fingerprint density at radius 2 is 2.00 bits per heavy atom. The van der Waals surface area contributed by atoms with Gasteiger partial charge in [0.2, 0.25) is 5.91 Å². The van der Waals surface area contributed by atoms with Crippen LogP contribution in [0.4, 0.5) is 0 Å². The Kier molecular flexibility index (Phi) is 4.43. The van der Waals surface area contributed by atoms with Gasteiger partial charge in [0.05, 0.1) is 13.2 Å². The van der Waals surface area contributed by atoms with Crippen molar-refractivity contribution in [3.63, 3.8) is 0 Å². The Balaban J connectivity index is 1.89. The topological polar surface area (TPSA) is 89.7 Å². The molecule has 1 aliphatic carbocycles. The summed E-state index contributed by atoms with van der Waals surface area (Å²) in [6.07, 6.45) is 3.18. The molecule has 2 aliphatic rings. The molecule has 122 valence electrons. The second kappa shape index (κ2) is 6.50. The maximum atomic E-state index is 12.7. The summed E-state index contributed by atoms with van der Waals surface area (Å²) in [6, 6.07) is 4.44. The molecule has 1 unspecified atom stereocenters. The first-order valence-corrected chi connectivity index (χ1v) is 7.92.